The third-order valence-corrected chi connectivity index (χ3v) is 3.32. The molecule has 0 spiro atoms. The predicted octanol–water partition coefficient (Wildman–Crippen LogP) is -0.169. The second-order valence-electron chi connectivity index (χ2n) is 3.24. The summed E-state index contributed by atoms with van der Waals surface area (Å²) in [7, 11) is -3.95. The lowest BCUT2D eigenvalue weighted by Gasteiger charge is -2.04. The summed E-state index contributed by atoms with van der Waals surface area (Å²) in [6.45, 7) is 1.21. The summed E-state index contributed by atoms with van der Waals surface area (Å²) in [5.41, 5.74) is 0. The quantitative estimate of drug-likeness (QED) is 0.437. The number of esters is 1. The molecule has 1 N–H and O–H groups in total. The highest BCUT2D eigenvalue weighted by atomic mass is 32.2. The molecule has 19 heavy (non-hydrogen) atoms. The Hall–Kier alpha value is -2.07. The average Bonchev–Trinajstić information content (AvgIpc) is 2.37. The van der Waals surface area contributed by atoms with Gasteiger partial charge in [-0.05, 0) is 22.9 Å². The summed E-state index contributed by atoms with van der Waals surface area (Å²) in [6.07, 6.45) is 0.839. The Balaban J connectivity index is 2.77. The first-order chi connectivity index (χ1) is 8.86. The normalized spacial score (nSPS) is 11.0. The van der Waals surface area contributed by atoms with Gasteiger partial charge in [0.2, 0.25) is 10.0 Å². The highest BCUT2D eigenvalue weighted by Gasteiger charge is 2.19. The van der Waals surface area contributed by atoms with Crippen LogP contribution >= 0.6 is 0 Å². The molecule has 0 aliphatic heterocycles. The van der Waals surface area contributed by atoms with E-state index in [0.717, 1.165) is 18.3 Å². The smallest absolute Gasteiger partial charge is 0.363 e. The summed E-state index contributed by atoms with van der Waals surface area (Å²) in [6, 6.07) is 1.98. The fraction of sp³-hybridized carbons (Fsp3) is 0.333. The number of nitrogens with zero attached hydrogens (tertiary/aromatic N) is 2. The Labute approximate surface area is 108 Å². The zero-order valence-electron chi connectivity index (χ0n) is 9.90. The number of rotatable bonds is 6. The van der Waals surface area contributed by atoms with Crippen LogP contribution in [0.1, 0.15) is 6.92 Å². The molecule has 1 rings (SSSR count). The fourth-order valence-electron chi connectivity index (χ4n) is 1.09. The van der Waals surface area contributed by atoms with E-state index < -0.39 is 33.3 Å². The molecule has 0 saturated carbocycles. The lowest BCUT2D eigenvalue weighted by Crippen LogP contribution is -2.30. The highest BCUT2D eigenvalue weighted by molar-refractivity contribution is 7.89. The first-order valence-corrected chi connectivity index (χ1v) is 6.61. The second-order valence-corrected chi connectivity index (χ2v) is 5.01. The van der Waals surface area contributed by atoms with E-state index in [4.69, 9.17) is 0 Å². The van der Waals surface area contributed by atoms with Gasteiger partial charge >= 0.3 is 11.8 Å². The van der Waals surface area contributed by atoms with Crippen molar-refractivity contribution in [3.8, 4) is 0 Å². The minimum atomic E-state index is -3.95. The Morgan fingerprint density at radius 1 is 1.53 bits per heavy atom. The molecular weight excluding hydrogens is 278 g/mol. The molecule has 9 nitrogen and oxygen atoms in total. The minimum Gasteiger partial charge on any atom is -0.465 e. The topological polar surface area (TPSA) is 128 Å². The van der Waals surface area contributed by atoms with E-state index in [1.165, 1.54) is 0 Å². The number of aromatic nitrogens is 1. The summed E-state index contributed by atoms with van der Waals surface area (Å²) in [4.78, 5) is 23.7. The molecule has 0 aromatic carbocycles. The Morgan fingerprint density at radius 3 is 2.68 bits per heavy atom. The largest absolute Gasteiger partial charge is 0.465 e. The lowest BCUT2D eigenvalue weighted by molar-refractivity contribution is -0.389. The van der Waals surface area contributed by atoms with E-state index in [1.54, 1.807) is 6.92 Å². The monoisotopic (exact) mass is 289 g/mol. The summed E-state index contributed by atoms with van der Waals surface area (Å²) in [5.74, 6) is -1.19. The van der Waals surface area contributed by atoms with Crippen LogP contribution in [-0.2, 0) is 19.6 Å². The van der Waals surface area contributed by atoms with Crippen molar-refractivity contribution in [2.75, 3.05) is 13.2 Å². The van der Waals surface area contributed by atoms with Gasteiger partial charge < -0.3 is 14.9 Å². The molecule has 10 heteroatoms. The van der Waals surface area contributed by atoms with Crippen molar-refractivity contribution in [2.24, 2.45) is 0 Å². The van der Waals surface area contributed by atoms with Gasteiger partial charge in [-0.15, -0.1) is 0 Å². The molecule has 0 aliphatic carbocycles. The predicted molar refractivity (Wildman–Crippen MR) is 62.7 cm³/mol. The molecule has 0 aliphatic rings. The maximum atomic E-state index is 11.7. The lowest BCUT2D eigenvalue weighted by atomic mass is 10.5. The standard InChI is InChI=1S/C9H11N3O6S/c1-2-18-9(13)6-11-19(16,17)7-3-4-8(10-5-7)12(14)15/h3-5,11H,2,6H2,1H3. The maximum absolute atomic E-state index is 11.7. The molecule has 104 valence electrons. The van der Waals surface area contributed by atoms with Gasteiger partial charge in [0.1, 0.15) is 11.4 Å². The van der Waals surface area contributed by atoms with Crippen LogP contribution in [0.15, 0.2) is 23.2 Å². The number of pyridine rings is 1. The van der Waals surface area contributed by atoms with Gasteiger partial charge in [-0.1, -0.05) is 0 Å². The van der Waals surface area contributed by atoms with E-state index in [2.05, 4.69) is 9.72 Å². The molecule has 0 bridgehead atoms. The van der Waals surface area contributed by atoms with Crippen LogP contribution < -0.4 is 4.72 Å². The molecule has 0 amide bonds. The fourth-order valence-corrected chi connectivity index (χ4v) is 2.00. The molecule has 0 fully saturated rings. The van der Waals surface area contributed by atoms with Crippen molar-refractivity contribution in [3.63, 3.8) is 0 Å². The number of hydrogen-bond acceptors (Lipinski definition) is 7. The Kier molecular flexibility index (Phi) is 4.89. The minimum absolute atomic E-state index is 0.139. The van der Waals surface area contributed by atoms with Gasteiger partial charge in [0, 0.05) is 6.07 Å². The molecule has 1 heterocycles. The van der Waals surface area contributed by atoms with Crippen LogP contribution in [-0.4, -0.2) is 37.4 Å². The molecule has 0 radical (unpaired) electrons. The van der Waals surface area contributed by atoms with E-state index in [0.29, 0.717) is 0 Å². The van der Waals surface area contributed by atoms with Crippen LogP contribution in [0.4, 0.5) is 5.82 Å². The van der Waals surface area contributed by atoms with E-state index in [1.807, 2.05) is 4.72 Å². The van der Waals surface area contributed by atoms with E-state index >= 15 is 0 Å². The first-order valence-electron chi connectivity index (χ1n) is 5.12. The number of sulfonamides is 1. The molecule has 0 unspecified atom stereocenters. The Bertz CT molecular complexity index is 568. The summed E-state index contributed by atoms with van der Waals surface area (Å²) < 4.78 is 29.9. The molecule has 0 saturated heterocycles. The summed E-state index contributed by atoms with van der Waals surface area (Å²) >= 11 is 0. The van der Waals surface area contributed by atoms with Gasteiger partial charge in [-0.2, -0.15) is 4.72 Å². The third-order valence-electron chi connectivity index (χ3n) is 1.93. The van der Waals surface area contributed by atoms with Gasteiger partial charge in [0.05, 0.1) is 6.61 Å². The SMILES string of the molecule is CCOC(=O)CNS(=O)(=O)c1ccc([N+](=O)[O-])nc1. The van der Waals surface area contributed by atoms with Crippen molar-refractivity contribution in [1.82, 2.24) is 9.71 Å². The maximum Gasteiger partial charge on any atom is 0.363 e. The highest BCUT2D eigenvalue weighted by Crippen LogP contribution is 2.11. The van der Waals surface area contributed by atoms with Crippen LogP contribution in [0.2, 0.25) is 0 Å². The van der Waals surface area contributed by atoms with Crippen molar-refractivity contribution in [2.45, 2.75) is 11.8 Å². The van der Waals surface area contributed by atoms with Crippen LogP contribution in [0, 0.1) is 10.1 Å². The first kappa shape index (κ1) is 15.0. The molecule has 1 aromatic heterocycles. The van der Waals surface area contributed by atoms with Crippen LogP contribution in [0.3, 0.4) is 0 Å². The summed E-state index contributed by atoms with van der Waals surface area (Å²) in [5, 5.41) is 10.4. The van der Waals surface area contributed by atoms with Crippen molar-refractivity contribution >= 4 is 21.8 Å². The van der Waals surface area contributed by atoms with Crippen LogP contribution in [0.25, 0.3) is 0 Å². The van der Waals surface area contributed by atoms with Gasteiger partial charge in [-0.3, -0.25) is 4.79 Å². The number of nitrogens with one attached hydrogen (secondary N) is 1. The van der Waals surface area contributed by atoms with E-state index in [-0.39, 0.29) is 11.5 Å². The molecular formula is C9H11N3O6S. The van der Waals surface area contributed by atoms with Crippen molar-refractivity contribution < 1.29 is 22.9 Å². The number of carbonyl (C=O) groups is 1. The van der Waals surface area contributed by atoms with Crippen molar-refractivity contribution in [3.05, 3.63) is 28.4 Å². The second kappa shape index (κ2) is 6.20. The van der Waals surface area contributed by atoms with Gasteiger partial charge in [0.25, 0.3) is 0 Å². The molecule has 0 atom stereocenters. The van der Waals surface area contributed by atoms with Gasteiger partial charge in [-0.25, -0.2) is 8.42 Å². The van der Waals surface area contributed by atoms with Crippen molar-refractivity contribution in [1.29, 1.82) is 0 Å². The Morgan fingerprint density at radius 2 is 2.21 bits per heavy atom. The number of carbonyl (C=O) groups excluding carboxylic acids is 1. The average molecular weight is 289 g/mol. The zero-order chi connectivity index (χ0) is 14.5. The number of ether oxygens (including phenoxy) is 1. The van der Waals surface area contributed by atoms with E-state index in [9.17, 15) is 23.3 Å². The number of nitro groups is 1. The zero-order valence-corrected chi connectivity index (χ0v) is 10.7. The van der Waals surface area contributed by atoms with Crippen LogP contribution in [0.5, 0.6) is 0 Å². The number of hydrogen-bond donors (Lipinski definition) is 1. The third kappa shape index (κ3) is 4.26. The molecule has 1 aromatic rings. The van der Waals surface area contributed by atoms with Gasteiger partial charge in [0.15, 0.2) is 6.20 Å².